The van der Waals surface area contributed by atoms with Crippen LogP contribution in [0.3, 0.4) is 0 Å². The third-order valence-corrected chi connectivity index (χ3v) is 9.30. The molecule has 7 aromatic carbocycles. The average Bonchev–Trinajstić information content (AvgIpc) is 3.67. The molecule has 0 spiro atoms. The molecule has 222 valence electrons. The lowest BCUT2D eigenvalue weighted by molar-refractivity contribution is 1.17. The summed E-state index contributed by atoms with van der Waals surface area (Å²) < 4.78 is 4.63. The van der Waals surface area contributed by atoms with Gasteiger partial charge in [0, 0.05) is 27.5 Å². The van der Waals surface area contributed by atoms with E-state index in [2.05, 4.69) is 135 Å². The highest BCUT2D eigenvalue weighted by Crippen LogP contribution is 2.39. The molecule has 0 amide bonds. The van der Waals surface area contributed by atoms with E-state index in [-0.39, 0.29) is 0 Å². The number of hydrogen-bond acceptors (Lipinski definition) is 1. The van der Waals surface area contributed by atoms with Crippen LogP contribution in [0.25, 0.3) is 82.1 Å². The number of hydrogen-bond donors (Lipinski definition) is 0. The van der Waals surface area contributed by atoms with Crippen molar-refractivity contribution >= 4 is 49.3 Å². The molecule has 0 saturated heterocycles. The van der Waals surface area contributed by atoms with E-state index in [1.807, 2.05) is 42.5 Å². The molecule has 9 rings (SSSR count). The van der Waals surface area contributed by atoms with Crippen LogP contribution in [0, 0.1) is 17.9 Å². The average molecular weight is 611 g/mol. The van der Waals surface area contributed by atoms with Crippen molar-refractivity contribution in [3.63, 3.8) is 0 Å². The van der Waals surface area contributed by atoms with Gasteiger partial charge >= 0.3 is 0 Å². The van der Waals surface area contributed by atoms with Gasteiger partial charge in [-0.25, -0.2) is 4.85 Å². The molecule has 0 fully saturated rings. The van der Waals surface area contributed by atoms with Gasteiger partial charge in [0.1, 0.15) is 0 Å². The fourth-order valence-corrected chi connectivity index (χ4v) is 7.18. The highest BCUT2D eigenvalue weighted by molar-refractivity contribution is 6.11. The molecule has 0 saturated carbocycles. The topological polar surface area (TPSA) is 38.0 Å². The normalized spacial score (nSPS) is 11.3. The van der Waals surface area contributed by atoms with E-state index in [1.165, 1.54) is 21.8 Å². The first-order valence-electron chi connectivity index (χ1n) is 15.9. The predicted molar refractivity (Wildman–Crippen MR) is 197 cm³/mol. The standard InChI is InChI=1S/C44H26N4/c1-46-34-20-21-44-40(27-34)39-16-4-7-19-43(39)48(44)36-25-32(30-11-8-10-29(22-30)28-45)23-33(26-36)31-12-9-13-35(24-31)47-41-17-5-2-14-37(41)38-15-3-6-18-42(38)47/h2-27H. The van der Waals surface area contributed by atoms with Crippen molar-refractivity contribution in [3.05, 3.63) is 175 Å². The fraction of sp³-hybridized carbons (Fsp3) is 0. The molecule has 4 nitrogen and oxygen atoms in total. The second kappa shape index (κ2) is 10.9. The molecular weight excluding hydrogens is 585 g/mol. The Labute approximate surface area is 277 Å². The molecule has 2 aromatic heterocycles. The van der Waals surface area contributed by atoms with Crippen LogP contribution in [-0.4, -0.2) is 9.13 Å². The third kappa shape index (κ3) is 4.29. The van der Waals surface area contributed by atoms with E-state index in [0.717, 1.165) is 55.4 Å². The van der Waals surface area contributed by atoms with Gasteiger partial charge in [-0.3, -0.25) is 0 Å². The van der Waals surface area contributed by atoms with E-state index in [9.17, 15) is 5.26 Å². The van der Waals surface area contributed by atoms with Crippen LogP contribution in [0.4, 0.5) is 5.69 Å². The van der Waals surface area contributed by atoms with Crippen molar-refractivity contribution in [1.82, 2.24) is 9.13 Å². The Balaban J connectivity index is 1.31. The van der Waals surface area contributed by atoms with E-state index < -0.39 is 0 Å². The Morgan fingerprint density at radius 2 is 0.958 bits per heavy atom. The number of aromatic nitrogens is 2. The number of para-hydroxylation sites is 3. The lowest BCUT2D eigenvalue weighted by Crippen LogP contribution is -1.97. The Kier molecular flexibility index (Phi) is 6.22. The van der Waals surface area contributed by atoms with Crippen LogP contribution in [-0.2, 0) is 0 Å². The highest BCUT2D eigenvalue weighted by Gasteiger charge is 2.16. The van der Waals surface area contributed by atoms with Crippen LogP contribution in [0.1, 0.15) is 5.56 Å². The minimum atomic E-state index is 0.620. The molecule has 0 unspecified atom stereocenters. The molecule has 0 radical (unpaired) electrons. The van der Waals surface area contributed by atoms with Gasteiger partial charge in [0.05, 0.1) is 40.3 Å². The summed E-state index contributed by atoms with van der Waals surface area (Å²) in [4.78, 5) is 3.71. The summed E-state index contributed by atoms with van der Waals surface area (Å²) >= 11 is 0. The minimum absolute atomic E-state index is 0.620. The fourth-order valence-electron chi connectivity index (χ4n) is 7.18. The quantitative estimate of drug-likeness (QED) is 0.183. The molecule has 0 bridgehead atoms. The van der Waals surface area contributed by atoms with Gasteiger partial charge < -0.3 is 9.13 Å². The summed E-state index contributed by atoms with van der Waals surface area (Å²) in [5.74, 6) is 0. The first-order valence-corrected chi connectivity index (χ1v) is 15.9. The van der Waals surface area contributed by atoms with Gasteiger partial charge in [-0.05, 0) is 100 Å². The van der Waals surface area contributed by atoms with Gasteiger partial charge in [0.25, 0.3) is 0 Å². The summed E-state index contributed by atoms with van der Waals surface area (Å²) in [5.41, 5.74) is 11.9. The van der Waals surface area contributed by atoms with Crippen LogP contribution < -0.4 is 0 Å². The number of nitrogens with zero attached hydrogens (tertiary/aromatic N) is 4. The van der Waals surface area contributed by atoms with Gasteiger partial charge in [0.2, 0.25) is 0 Å². The summed E-state index contributed by atoms with van der Waals surface area (Å²) in [5, 5.41) is 14.3. The van der Waals surface area contributed by atoms with Gasteiger partial charge in [-0.2, -0.15) is 5.26 Å². The maximum absolute atomic E-state index is 9.72. The van der Waals surface area contributed by atoms with E-state index in [0.29, 0.717) is 11.3 Å². The van der Waals surface area contributed by atoms with E-state index in [4.69, 9.17) is 6.57 Å². The molecule has 2 heterocycles. The number of benzene rings is 7. The number of rotatable bonds is 4. The molecule has 4 heteroatoms. The van der Waals surface area contributed by atoms with Gasteiger partial charge in [0.15, 0.2) is 5.69 Å². The van der Waals surface area contributed by atoms with Gasteiger partial charge in [-0.15, -0.1) is 0 Å². The zero-order valence-corrected chi connectivity index (χ0v) is 25.8. The van der Waals surface area contributed by atoms with Crippen molar-refractivity contribution in [2.24, 2.45) is 0 Å². The summed E-state index contributed by atoms with van der Waals surface area (Å²) in [7, 11) is 0. The van der Waals surface area contributed by atoms with Crippen LogP contribution in [0.15, 0.2) is 158 Å². The molecule has 0 aliphatic rings. The molecule has 0 aliphatic heterocycles. The van der Waals surface area contributed by atoms with Crippen molar-refractivity contribution in [1.29, 1.82) is 5.26 Å². The molecular formula is C44H26N4. The van der Waals surface area contributed by atoms with Crippen molar-refractivity contribution < 1.29 is 0 Å². The largest absolute Gasteiger partial charge is 0.309 e. The smallest absolute Gasteiger partial charge is 0.188 e. The summed E-state index contributed by atoms with van der Waals surface area (Å²) in [6.45, 7) is 7.63. The monoisotopic (exact) mass is 610 g/mol. The Bertz CT molecular complexity index is 2760. The highest BCUT2D eigenvalue weighted by atomic mass is 15.0. The van der Waals surface area contributed by atoms with Crippen LogP contribution in [0.5, 0.6) is 0 Å². The second-order valence-electron chi connectivity index (χ2n) is 12.0. The van der Waals surface area contributed by atoms with Crippen molar-refractivity contribution in [3.8, 4) is 39.7 Å². The zero-order valence-electron chi connectivity index (χ0n) is 25.8. The first-order chi connectivity index (χ1) is 23.7. The van der Waals surface area contributed by atoms with E-state index in [1.54, 1.807) is 0 Å². The Hall–Kier alpha value is -6.88. The SMILES string of the molecule is [C-]#[N+]c1ccc2c(c1)c1ccccc1n2-c1cc(-c2cccc(C#N)c2)cc(-c2cccc(-n3c4ccccc4c4ccccc43)c2)c1. The summed E-state index contributed by atoms with van der Waals surface area (Å²) in [6, 6.07) is 56.9. The maximum atomic E-state index is 9.72. The van der Waals surface area contributed by atoms with Crippen molar-refractivity contribution in [2.75, 3.05) is 0 Å². The van der Waals surface area contributed by atoms with E-state index >= 15 is 0 Å². The molecule has 0 N–H and O–H groups in total. The third-order valence-electron chi connectivity index (χ3n) is 9.30. The van der Waals surface area contributed by atoms with Gasteiger partial charge in [-0.1, -0.05) is 84.9 Å². The zero-order chi connectivity index (χ0) is 32.2. The second-order valence-corrected chi connectivity index (χ2v) is 12.0. The minimum Gasteiger partial charge on any atom is -0.309 e. The Morgan fingerprint density at radius 1 is 0.438 bits per heavy atom. The maximum Gasteiger partial charge on any atom is 0.188 e. The molecule has 9 aromatic rings. The lowest BCUT2D eigenvalue weighted by atomic mass is 9.96. The number of nitriles is 1. The van der Waals surface area contributed by atoms with Crippen LogP contribution >= 0.6 is 0 Å². The molecule has 0 aliphatic carbocycles. The Morgan fingerprint density at radius 3 is 1.58 bits per heavy atom. The first kappa shape index (κ1) is 27.4. The number of fused-ring (bicyclic) bond motifs is 6. The van der Waals surface area contributed by atoms with Crippen LogP contribution in [0.2, 0.25) is 0 Å². The lowest BCUT2D eigenvalue weighted by Gasteiger charge is -2.15. The molecule has 0 atom stereocenters. The summed E-state index contributed by atoms with van der Waals surface area (Å²) in [6.07, 6.45) is 0. The molecule has 48 heavy (non-hydrogen) atoms. The predicted octanol–water partition coefficient (Wildman–Crippen LogP) is 11.6. The van der Waals surface area contributed by atoms with Crippen molar-refractivity contribution in [2.45, 2.75) is 0 Å².